The van der Waals surface area contributed by atoms with E-state index >= 15 is 0 Å². The predicted molar refractivity (Wildman–Crippen MR) is 148 cm³/mol. The Labute approximate surface area is 222 Å². The van der Waals surface area contributed by atoms with Crippen molar-refractivity contribution in [2.75, 3.05) is 25.0 Å². The molecule has 3 aromatic rings. The Balaban J connectivity index is 1.44. The van der Waals surface area contributed by atoms with Crippen molar-refractivity contribution in [3.05, 3.63) is 77.3 Å². The highest BCUT2D eigenvalue weighted by Gasteiger charge is 2.35. The molecule has 0 aromatic heterocycles. The zero-order valence-corrected chi connectivity index (χ0v) is 22.2. The van der Waals surface area contributed by atoms with E-state index in [4.69, 9.17) is 11.6 Å². The second-order valence-corrected chi connectivity index (χ2v) is 10.1. The van der Waals surface area contributed by atoms with Crippen LogP contribution in [0.25, 0.3) is 10.8 Å². The van der Waals surface area contributed by atoms with Crippen molar-refractivity contribution >= 4 is 45.9 Å². The smallest absolute Gasteiger partial charge is 0.322 e. The third-order valence-corrected chi connectivity index (χ3v) is 7.31. The molecule has 3 aromatic carbocycles. The molecule has 8 heteroatoms. The lowest BCUT2D eigenvalue weighted by Gasteiger charge is -2.41. The highest BCUT2D eigenvalue weighted by Crippen LogP contribution is 2.21. The average Bonchev–Trinajstić information content (AvgIpc) is 2.90. The Morgan fingerprint density at radius 3 is 2.49 bits per heavy atom. The lowest BCUT2D eigenvalue weighted by Crippen LogP contribution is -2.60. The summed E-state index contributed by atoms with van der Waals surface area (Å²) in [7, 11) is 0. The molecule has 4 amide bonds. The number of fused-ring (bicyclic) bond motifs is 1. The number of nitrogens with one attached hydrogen (secondary N) is 2. The first-order chi connectivity index (χ1) is 17.8. The van der Waals surface area contributed by atoms with Gasteiger partial charge in [0.05, 0.1) is 0 Å². The number of urea groups is 1. The van der Waals surface area contributed by atoms with Gasteiger partial charge in [-0.3, -0.25) is 9.59 Å². The molecule has 0 radical (unpaired) electrons. The van der Waals surface area contributed by atoms with Gasteiger partial charge in [-0.2, -0.15) is 0 Å². The van der Waals surface area contributed by atoms with Crippen LogP contribution in [-0.4, -0.2) is 59.4 Å². The van der Waals surface area contributed by atoms with Crippen molar-refractivity contribution in [1.29, 1.82) is 0 Å². The summed E-state index contributed by atoms with van der Waals surface area (Å²) in [5, 5.41) is 8.27. The van der Waals surface area contributed by atoms with Gasteiger partial charge in [0.1, 0.15) is 6.04 Å². The van der Waals surface area contributed by atoms with Crippen LogP contribution < -0.4 is 10.6 Å². The number of carbonyl (C=O) groups excluding carboxylic acids is 3. The number of hydrogen-bond donors (Lipinski definition) is 2. The minimum Gasteiger partial charge on any atom is -0.340 e. The Bertz CT molecular complexity index is 1290. The third-order valence-electron chi connectivity index (χ3n) is 7.08. The average molecular weight is 521 g/mol. The molecule has 0 aliphatic carbocycles. The number of rotatable bonds is 6. The van der Waals surface area contributed by atoms with Gasteiger partial charge in [-0.05, 0) is 47.9 Å². The molecule has 1 heterocycles. The van der Waals surface area contributed by atoms with Crippen molar-refractivity contribution < 1.29 is 14.4 Å². The Morgan fingerprint density at radius 1 is 1.03 bits per heavy atom. The highest BCUT2D eigenvalue weighted by atomic mass is 35.5. The van der Waals surface area contributed by atoms with E-state index in [-0.39, 0.29) is 29.8 Å². The number of anilines is 1. The van der Waals surface area contributed by atoms with Crippen molar-refractivity contribution in [3.63, 3.8) is 0 Å². The molecule has 194 valence electrons. The van der Waals surface area contributed by atoms with Crippen LogP contribution in [0.3, 0.4) is 0 Å². The number of hydrogen-bond acceptors (Lipinski definition) is 3. The van der Waals surface area contributed by atoms with Crippen LogP contribution in [0, 0.1) is 5.92 Å². The van der Waals surface area contributed by atoms with Crippen LogP contribution in [0.15, 0.2) is 66.7 Å². The standard InChI is InChI=1S/C29H33ClN4O3/c1-4-19(2)26(32-27(35)25-14-7-10-21-9-5-6-13-24(21)25)28(36)33-15-16-34(20(3)18-33)29(37)31-23-12-8-11-22(30)17-23/h5-14,17,19-20,26H,4,15-16,18H2,1-3H3,(H,31,37)(H,32,35). The van der Waals surface area contributed by atoms with E-state index in [2.05, 4.69) is 10.6 Å². The summed E-state index contributed by atoms with van der Waals surface area (Å²) in [6.07, 6.45) is 0.740. The summed E-state index contributed by atoms with van der Waals surface area (Å²) in [6, 6.07) is 19.2. The van der Waals surface area contributed by atoms with Crippen LogP contribution in [0.2, 0.25) is 5.02 Å². The third kappa shape index (κ3) is 6.05. The number of amides is 4. The maximum Gasteiger partial charge on any atom is 0.322 e. The van der Waals surface area contributed by atoms with Gasteiger partial charge in [0.15, 0.2) is 0 Å². The molecular weight excluding hydrogens is 488 g/mol. The zero-order valence-electron chi connectivity index (χ0n) is 21.4. The van der Waals surface area contributed by atoms with E-state index < -0.39 is 6.04 Å². The van der Waals surface area contributed by atoms with Crippen molar-refractivity contribution in [2.24, 2.45) is 5.92 Å². The van der Waals surface area contributed by atoms with E-state index in [9.17, 15) is 14.4 Å². The van der Waals surface area contributed by atoms with Gasteiger partial charge in [0.25, 0.3) is 5.91 Å². The van der Waals surface area contributed by atoms with Crippen molar-refractivity contribution in [3.8, 4) is 0 Å². The second kappa shape index (κ2) is 11.6. The lowest BCUT2D eigenvalue weighted by molar-refractivity contribution is -0.136. The van der Waals surface area contributed by atoms with Gasteiger partial charge in [0.2, 0.25) is 5.91 Å². The molecule has 0 bridgehead atoms. The Morgan fingerprint density at radius 2 is 1.76 bits per heavy atom. The van der Waals surface area contributed by atoms with Gasteiger partial charge in [-0.15, -0.1) is 0 Å². The fourth-order valence-corrected chi connectivity index (χ4v) is 4.93. The van der Waals surface area contributed by atoms with E-state index in [1.165, 1.54) is 0 Å². The molecule has 3 atom stereocenters. The van der Waals surface area contributed by atoms with E-state index in [1.54, 1.807) is 40.1 Å². The first-order valence-electron chi connectivity index (χ1n) is 12.7. The number of benzene rings is 3. The highest BCUT2D eigenvalue weighted by molar-refractivity contribution is 6.30. The van der Waals surface area contributed by atoms with Crippen LogP contribution >= 0.6 is 11.6 Å². The quantitative estimate of drug-likeness (QED) is 0.456. The SMILES string of the molecule is CCC(C)C(NC(=O)c1cccc2ccccc12)C(=O)N1CCN(C(=O)Nc2cccc(Cl)c2)C(C)C1. The predicted octanol–water partition coefficient (Wildman–Crippen LogP) is 5.40. The molecular formula is C29H33ClN4O3. The summed E-state index contributed by atoms with van der Waals surface area (Å²) in [5.41, 5.74) is 1.17. The topological polar surface area (TPSA) is 81.8 Å². The molecule has 4 rings (SSSR count). The first kappa shape index (κ1) is 26.5. The molecule has 1 saturated heterocycles. The molecule has 37 heavy (non-hydrogen) atoms. The summed E-state index contributed by atoms with van der Waals surface area (Å²) in [5.74, 6) is -0.432. The van der Waals surface area contributed by atoms with Crippen molar-refractivity contribution in [1.82, 2.24) is 15.1 Å². The number of halogens is 1. The maximum atomic E-state index is 13.7. The maximum absolute atomic E-state index is 13.7. The van der Waals surface area contributed by atoms with E-state index in [0.29, 0.717) is 35.9 Å². The summed E-state index contributed by atoms with van der Waals surface area (Å²) in [4.78, 5) is 43.3. The molecule has 7 nitrogen and oxygen atoms in total. The molecule has 0 spiro atoms. The normalized spacial score (nSPS) is 17.2. The first-order valence-corrected chi connectivity index (χ1v) is 13.1. The fourth-order valence-electron chi connectivity index (χ4n) is 4.74. The molecule has 0 saturated carbocycles. The lowest BCUT2D eigenvalue weighted by atomic mass is 9.96. The van der Waals surface area contributed by atoms with Crippen LogP contribution in [0.5, 0.6) is 0 Å². The van der Waals surface area contributed by atoms with Gasteiger partial charge in [-0.25, -0.2) is 4.79 Å². The monoisotopic (exact) mass is 520 g/mol. The molecule has 2 N–H and O–H groups in total. The summed E-state index contributed by atoms with van der Waals surface area (Å²) < 4.78 is 0. The fraction of sp³-hybridized carbons (Fsp3) is 0.345. The Hall–Kier alpha value is -3.58. The Kier molecular flexibility index (Phi) is 8.34. The number of piperazine rings is 1. The largest absolute Gasteiger partial charge is 0.340 e. The summed E-state index contributed by atoms with van der Waals surface area (Å²) in [6.45, 7) is 7.08. The number of carbonyl (C=O) groups is 3. The molecule has 1 aliphatic heterocycles. The minimum atomic E-state index is -0.657. The van der Waals surface area contributed by atoms with Gasteiger partial charge in [-0.1, -0.05) is 74.3 Å². The van der Waals surface area contributed by atoms with Gasteiger partial charge in [0, 0.05) is 41.9 Å². The molecule has 1 aliphatic rings. The van der Waals surface area contributed by atoms with Crippen LogP contribution in [0.1, 0.15) is 37.6 Å². The van der Waals surface area contributed by atoms with E-state index in [1.807, 2.05) is 57.2 Å². The minimum absolute atomic E-state index is 0.0501. The van der Waals surface area contributed by atoms with Crippen LogP contribution in [0.4, 0.5) is 10.5 Å². The molecule has 1 fully saturated rings. The van der Waals surface area contributed by atoms with E-state index in [0.717, 1.165) is 17.2 Å². The second-order valence-electron chi connectivity index (χ2n) is 9.63. The van der Waals surface area contributed by atoms with Crippen molar-refractivity contribution in [2.45, 2.75) is 39.3 Å². The van der Waals surface area contributed by atoms with Gasteiger partial charge >= 0.3 is 6.03 Å². The van der Waals surface area contributed by atoms with Crippen LogP contribution in [-0.2, 0) is 4.79 Å². The van der Waals surface area contributed by atoms with Gasteiger partial charge < -0.3 is 20.4 Å². The molecule has 3 unspecified atom stereocenters. The summed E-state index contributed by atoms with van der Waals surface area (Å²) >= 11 is 6.03. The zero-order chi connectivity index (χ0) is 26.5. The number of nitrogens with zero attached hydrogens (tertiary/aromatic N) is 2.